The van der Waals surface area contributed by atoms with Crippen molar-refractivity contribution in [2.24, 2.45) is 11.8 Å². The summed E-state index contributed by atoms with van der Waals surface area (Å²) in [6.07, 6.45) is 7.59. The van der Waals surface area contributed by atoms with Crippen LogP contribution in [0.5, 0.6) is 0 Å². The molecule has 0 aromatic carbocycles. The highest BCUT2D eigenvalue weighted by atomic mass is 16.2. The lowest BCUT2D eigenvalue weighted by molar-refractivity contribution is -0.155. The van der Waals surface area contributed by atoms with Crippen LogP contribution in [0.3, 0.4) is 0 Å². The van der Waals surface area contributed by atoms with Crippen molar-refractivity contribution < 1.29 is 9.59 Å². The molecule has 1 aliphatic carbocycles. The van der Waals surface area contributed by atoms with E-state index in [-0.39, 0.29) is 23.8 Å². The summed E-state index contributed by atoms with van der Waals surface area (Å²) in [6.45, 7) is 8.37. The summed E-state index contributed by atoms with van der Waals surface area (Å²) in [5.41, 5.74) is -0.769. The molecule has 2 rings (SSSR count). The minimum atomic E-state index is -0.769. The number of amides is 2. The van der Waals surface area contributed by atoms with E-state index in [2.05, 4.69) is 5.32 Å². The molecule has 1 saturated carbocycles. The van der Waals surface area contributed by atoms with E-state index < -0.39 is 5.54 Å². The van der Waals surface area contributed by atoms with Gasteiger partial charge in [0.2, 0.25) is 11.8 Å². The Morgan fingerprint density at radius 1 is 1.19 bits per heavy atom. The first-order valence-corrected chi connectivity index (χ1v) is 8.46. The number of nitrogens with one attached hydrogen (secondary N) is 1. The number of nitrogens with zero attached hydrogens (tertiary/aromatic N) is 1. The number of piperazine rings is 1. The Morgan fingerprint density at radius 2 is 1.81 bits per heavy atom. The first-order chi connectivity index (χ1) is 9.83. The third kappa shape index (κ3) is 3.58. The van der Waals surface area contributed by atoms with Crippen molar-refractivity contribution in [3.8, 4) is 0 Å². The highest BCUT2D eigenvalue weighted by molar-refractivity contribution is 5.99. The minimum absolute atomic E-state index is 0.00163. The summed E-state index contributed by atoms with van der Waals surface area (Å²) in [5, 5.41) is 2.87. The molecule has 4 heteroatoms. The van der Waals surface area contributed by atoms with E-state index in [1.165, 1.54) is 32.1 Å². The van der Waals surface area contributed by atoms with E-state index in [4.69, 9.17) is 0 Å². The molecule has 1 saturated heterocycles. The van der Waals surface area contributed by atoms with Gasteiger partial charge in [-0.3, -0.25) is 9.59 Å². The number of hydrogen-bond acceptors (Lipinski definition) is 2. The number of carbonyl (C=O) groups is 2. The lowest BCUT2D eigenvalue weighted by atomic mass is 9.85. The maximum Gasteiger partial charge on any atom is 0.248 e. The van der Waals surface area contributed by atoms with Crippen molar-refractivity contribution >= 4 is 11.8 Å². The molecule has 0 radical (unpaired) electrons. The molecule has 0 aromatic rings. The minimum Gasteiger partial charge on any atom is -0.340 e. The molecule has 1 atom stereocenters. The Bertz CT molecular complexity index is 398. The van der Waals surface area contributed by atoms with E-state index in [9.17, 15) is 9.59 Å². The molecule has 0 aromatic heterocycles. The van der Waals surface area contributed by atoms with E-state index in [0.717, 1.165) is 18.9 Å². The van der Waals surface area contributed by atoms with Crippen LogP contribution in [0.15, 0.2) is 0 Å². The van der Waals surface area contributed by atoms with Crippen LogP contribution in [0.1, 0.15) is 66.2 Å². The maximum atomic E-state index is 12.7. The summed E-state index contributed by atoms with van der Waals surface area (Å²) in [4.78, 5) is 26.9. The van der Waals surface area contributed by atoms with E-state index in [1.54, 1.807) is 13.8 Å². The molecule has 1 N–H and O–H groups in total. The van der Waals surface area contributed by atoms with Gasteiger partial charge in [-0.05, 0) is 32.1 Å². The molecule has 1 aliphatic heterocycles. The predicted octanol–water partition coefficient (Wildman–Crippen LogP) is 2.72. The molecular formula is C17H30N2O2. The molecule has 0 bridgehead atoms. The summed E-state index contributed by atoms with van der Waals surface area (Å²) in [6, 6.07) is -0.311. The third-order valence-electron chi connectivity index (χ3n) is 4.97. The van der Waals surface area contributed by atoms with Crippen LogP contribution >= 0.6 is 0 Å². The van der Waals surface area contributed by atoms with E-state index >= 15 is 0 Å². The van der Waals surface area contributed by atoms with Gasteiger partial charge in [0.05, 0.1) is 0 Å². The summed E-state index contributed by atoms with van der Waals surface area (Å²) in [7, 11) is 0. The average molecular weight is 294 g/mol. The van der Waals surface area contributed by atoms with Crippen molar-refractivity contribution in [2.45, 2.75) is 77.8 Å². The van der Waals surface area contributed by atoms with Crippen LogP contribution in [0.4, 0.5) is 0 Å². The van der Waals surface area contributed by atoms with Gasteiger partial charge in [0.1, 0.15) is 11.6 Å². The molecule has 2 amide bonds. The highest BCUT2D eigenvalue weighted by Gasteiger charge is 2.46. The van der Waals surface area contributed by atoms with Gasteiger partial charge in [0, 0.05) is 6.54 Å². The topological polar surface area (TPSA) is 49.4 Å². The summed E-state index contributed by atoms with van der Waals surface area (Å²) >= 11 is 0. The van der Waals surface area contributed by atoms with Gasteiger partial charge in [0.15, 0.2) is 0 Å². The monoisotopic (exact) mass is 294 g/mol. The standard InChI is InChI=1S/C17H30N2O2/c1-12(2)14-15(20)18-17(3,4)16(21)19(14)11-10-13-8-6-5-7-9-13/h12-14H,5-11H2,1-4H3,(H,18,20). The fraction of sp³-hybridized carbons (Fsp3) is 0.882. The van der Waals surface area contributed by atoms with Crippen LogP contribution in [-0.4, -0.2) is 34.8 Å². The van der Waals surface area contributed by atoms with Crippen LogP contribution in [0.2, 0.25) is 0 Å². The van der Waals surface area contributed by atoms with Gasteiger partial charge in [-0.2, -0.15) is 0 Å². The third-order valence-corrected chi connectivity index (χ3v) is 4.97. The van der Waals surface area contributed by atoms with Crippen LogP contribution in [-0.2, 0) is 9.59 Å². The van der Waals surface area contributed by atoms with Gasteiger partial charge >= 0.3 is 0 Å². The van der Waals surface area contributed by atoms with Crippen LogP contribution < -0.4 is 5.32 Å². The Balaban J connectivity index is 2.06. The Kier molecular flexibility index (Phi) is 4.95. The Labute approximate surface area is 128 Å². The lowest BCUT2D eigenvalue weighted by Gasteiger charge is -2.44. The van der Waals surface area contributed by atoms with Crippen molar-refractivity contribution in [3.05, 3.63) is 0 Å². The molecule has 2 fully saturated rings. The Hall–Kier alpha value is -1.06. The largest absolute Gasteiger partial charge is 0.340 e. The fourth-order valence-corrected chi connectivity index (χ4v) is 3.76. The van der Waals surface area contributed by atoms with Crippen molar-refractivity contribution in [1.82, 2.24) is 10.2 Å². The summed E-state index contributed by atoms with van der Waals surface area (Å²) in [5.74, 6) is 0.943. The fourth-order valence-electron chi connectivity index (χ4n) is 3.76. The number of rotatable bonds is 4. The van der Waals surface area contributed by atoms with E-state index in [0.29, 0.717) is 0 Å². The van der Waals surface area contributed by atoms with Crippen molar-refractivity contribution in [1.29, 1.82) is 0 Å². The zero-order chi connectivity index (χ0) is 15.6. The van der Waals surface area contributed by atoms with Gasteiger partial charge in [0.25, 0.3) is 0 Å². The zero-order valence-electron chi connectivity index (χ0n) is 13.9. The molecule has 4 nitrogen and oxygen atoms in total. The Morgan fingerprint density at radius 3 is 2.38 bits per heavy atom. The second-order valence-electron chi connectivity index (χ2n) is 7.59. The van der Waals surface area contributed by atoms with Gasteiger partial charge in [-0.15, -0.1) is 0 Å². The molecule has 21 heavy (non-hydrogen) atoms. The zero-order valence-corrected chi connectivity index (χ0v) is 13.9. The second kappa shape index (κ2) is 6.37. The van der Waals surface area contributed by atoms with Gasteiger partial charge in [-0.1, -0.05) is 46.0 Å². The average Bonchev–Trinajstić information content (AvgIpc) is 2.41. The maximum absolute atomic E-state index is 12.7. The van der Waals surface area contributed by atoms with Crippen molar-refractivity contribution in [3.63, 3.8) is 0 Å². The first-order valence-electron chi connectivity index (χ1n) is 8.46. The predicted molar refractivity (Wildman–Crippen MR) is 83.8 cm³/mol. The highest BCUT2D eigenvalue weighted by Crippen LogP contribution is 2.29. The summed E-state index contributed by atoms with van der Waals surface area (Å²) < 4.78 is 0. The SMILES string of the molecule is CC(C)C1C(=O)NC(C)(C)C(=O)N1CCC1CCCCC1. The molecule has 1 heterocycles. The molecule has 0 spiro atoms. The number of hydrogen-bond donors (Lipinski definition) is 1. The quantitative estimate of drug-likeness (QED) is 0.866. The van der Waals surface area contributed by atoms with Crippen LogP contribution in [0.25, 0.3) is 0 Å². The molecule has 2 aliphatic rings. The van der Waals surface area contributed by atoms with Crippen LogP contribution in [0, 0.1) is 11.8 Å². The molecular weight excluding hydrogens is 264 g/mol. The normalized spacial score (nSPS) is 27.1. The van der Waals surface area contributed by atoms with Crippen molar-refractivity contribution in [2.75, 3.05) is 6.54 Å². The lowest BCUT2D eigenvalue weighted by Crippen LogP contribution is -2.69. The molecule has 120 valence electrons. The first kappa shape index (κ1) is 16.3. The molecule has 1 unspecified atom stereocenters. The smallest absolute Gasteiger partial charge is 0.248 e. The van der Waals surface area contributed by atoms with E-state index in [1.807, 2.05) is 18.7 Å². The van der Waals surface area contributed by atoms with Gasteiger partial charge in [-0.25, -0.2) is 0 Å². The number of carbonyl (C=O) groups excluding carboxylic acids is 2. The second-order valence-corrected chi connectivity index (χ2v) is 7.59. The van der Waals surface area contributed by atoms with Gasteiger partial charge < -0.3 is 10.2 Å².